The van der Waals surface area contributed by atoms with Crippen LogP contribution in [-0.4, -0.2) is 36.2 Å². The summed E-state index contributed by atoms with van der Waals surface area (Å²) in [6.07, 6.45) is 3.93. The second kappa shape index (κ2) is 4.90. The lowest BCUT2D eigenvalue weighted by Gasteiger charge is -2.33. The molecule has 0 amide bonds. The van der Waals surface area contributed by atoms with Crippen molar-refractivity contribution in [3.63, 3.8) is 0 Å². The Morgan fingerprint density at radius 3 is 2.57 bits per heavy atom. The second-order valence-corrected chi connectivity index (χ2v) is 3.69. The molecule has 0 radical (unpaired) electrons. The minimum Gasteiger partial charge on any atom is -0.303 e. The fraction of sp³-hybridized carbons (Fsp3) is 0.800. The van der Waals surface area contributed by atoms with Crippen LogP contribution >= 0.6 is 0 Å². The molecule has 76 valence electrons. The molecule has 0 N–H and O–H groups in total. The molecular formula is C10H15N3O. The molecule has 14 heavy (non-hydrogen) atoms. The van der Waals surface area contributed by atoms with Gasteiger partial charge in [0.2, 0.25) is 6.08 Å². The molecule has 1 saturated heterocycles. The second-order valence-electron chi connectivity index (χ2n) is 3.69. The summed E-state index contributed by atoms with van der Waals surface area (Å²) in [5.74, 6) is 0. The third kappa shape index (κ3) is 2.41. The zero-order valence-electron chi connectivity index (χ0n) is 8.49. The van der Waals surface area contributed by atoms with Crippen LogP contribution in [0.2, 0.25) is 0 Å². The van der Waals surface area contributed by atoms with Crippen LogP contribution < -0.4 is 0 Å². The molecular weight excluding hydrogens is 178 g/mol. The van der Waals surface area contributed by atoms with E-state index in [1.165, 1.54) is 6.08 Å². The summed E-state index contributed by atoms with van der Waals surface area (Å²) in [4.78, 5) is 16.1. The maximum atomic E-state index is 10.2. The van der Waals surface area contributed by atoms with Gasteiger partial charge in [0.05, 0.1) is 6.07 Å². The Kier molecular flexibility index (Phi) is 3.82. The molecule has 0 spiro atoms. The summed E-state index contributed by atoms with van der Waals surface area (Å²) >= 11 is 0. The fourth-order valence-corrected chi connectivity index (χ4v) is 1.80. The van der Waals surface area contributed by atoms with Gasteiger partial charge >= 0.3 is 0 Å². The van der Waals surface area contributed by atoms with Crippen LogP contribution in [0.5, 0.6) is 0 Å². The molecule has 1 aliphatic heterocycles. The molecule has 1 rings (SSSR count). The Balaban J connectivity index is 2.56. The number of hydrogen-bond donors (Lipinski definition) is 0. The van der Waals surface area contributed by atoms with Gasteiger partial charge in [-0.1, -0.05) is 6.92 Å². The number of aliphatic imine (C=N–C) groups is 1. The Bertz CT molecular complexity index is 268. The van der Waals surface area contributed by atoms with Crippen LogP contribution in [0.25, 0.3) is 0 Å². The van der Waals surface area contributed by atoms with E-state index in [9.17, 15) is 4.79 Å². The third-order valence-electron chi connectivity index (χ3n) is 2.69. The Morgan fingerprint density at radius 2 is 2.14 bits per heavy atom. The predicted molar refractivity (Wildman–Crippen MR) is 52.4 cm³/mol. The van der Waals surface area contributed by atoms with Crippen molar-refractivity contribution in [1.82, 2.24) is 4.90 Å². The van der Waals surface area contributed by atoms with Crippen LogP contribution in [0, 0.1) is 11.3 Å². The lowest BCUT2D eigenvalue weighted by atomic mass is 9.90. The van der Waals surface area contributed by atoms with Crippen LogP contribution in [0.15, 0.2) is 4.99 Å². The van der Waals surface area contributed by atoms with Crippen LogP contribution in [0.4, 0.5) is 0 Å². The summed E-state index contributed by atoms with van der Waals surface area (Å²) < 4.78 is 0. The molecule has 4 heteroatoms. The van der Waals surface area contributed by atoms with E-state index in [0.717, 1.165) is 26.1 Å². The van der Waals surface area contributed by atoms with E-state index in [1.807, 2.05) is 0 Å². The van der Waals surface area contributed by atoms with Crippen molar-refractivity contribution in [1.29, 1.82) is 5.26 Å². The number of nitrogens with zero attached hydrogens (tertiary/aromatic N) is 3. The zero-order valence-corrected chi connectivity index (χ0v) is 8.49. The summed E-state index contributed by atoms with van der Waals surface area (Å²) in [7, 11) is 0. The topological polar surface area (TPSA) is 56.5 Å². The molecule has 0 aromatic carbocycles. The Hall–Kier alpha value is -1.17. The predicted octanol–water partition coefficient (Wildman–Crippen LogP) is 1.09. The van der Waals surface area contributed by atoms with Gasteiger partial charge in [0.15, 0.2) is 5.54 Å². The number of piperidine rings is 1. The quantitative estimate of drug-likeness (QED) is 0.498. The van der Waals surface area contributed by atoms with Crippen LogP contribution in [-0.2, 0) is 4.79 Å². The molecule has 0 unspecified atom stereocenters. The number of nitriles is 1. The van der Waals surface area contributed by atoms with Crippen LogP contribution in [0.1, 0.15) is 26.2 Å². The van der Waals surface area contributed by atoms with Crippen LogP contribution in [0.3, 0.4) is 0 Å². The molecule has 0 aromatic heterocycles. The zero-order chi connectivity index (χ0) is 10.4. The first kappa shape index (κ1) is 10.9. The monoisotopic (exact) mass is 193 g/mol. The molecule has 1 heterocycles. The average Bonchev–Trinajstić information content (AvgIpc) is 2.22. The first-order valence-electron chi connectivity index (χ1n) is 4.99. The van der Waals surface area contributed by atoms with Gasteiger partial charge in [-0.15, -0.1) is 0 Å². The summed E-state index contributed by atoms with van der Waals surface area (Å²) in [5, 5.41) is 8.95. The van der Waals surface area contributed by atoms with Gasteiger partial charge in [-0.25, -0.2) is 4.79 Å². The summed E-state index contributed by atoms with van der Waals surface area (Å²) in [6.45, 7) is 4.90. The molecule has 4 nitrogen and oxygen atoms in total. The van der Waals surface area contributed by atoms with Crippen molar-refractivity contribution >= 4 is 6.08 Å². The van der Waals surface area contributed by atoms with Crippen molar-refractivity contribution in [3.05, 3.63) is 0 Å². The average molecular weight is 193 g/mol. The molecule has 0 atom stereocenters. The van der Waals surface area contributed by atoms with Crippen molar-refractivity contribution in [2.45, 2.75) is 31.7 Å². The van der Waals surface area contributed by atoms with Gasteiger partial charge < -0.3 is 4.90 Å². The number of carbonyl (C=O) groups excluding carboxylic acids is 1. The molecule has 1 fully saturated rings. The van der Waals surface area contributed by atoms with Crippen molar-refractivity contribution in [3.8, 4) is 6.07 Å². The maximum Gasteiger partial charge on any atom is 0.236 e. The highest BCUT2D eigenvalue weighted by Crippen LogP contribution is 2.25. The summed E-state index contributed by atoms with van der Waals surface area (Å²) in [5.41, 5.74) is -0.786. The minimum absolute atomic E-state index is 0.652. The number of isocyanates is 1. The Morgan fingerprint density at radius 1 is 1.50 bits per heavy atom. The van der Waals surface area contributed by atoms with Gasteiger partial charge in [-0.05, 0) is 25.8 Å². The highest BCUT2D eigenvalue weighted by Gasteiger charge is 2.34. The van der Waals surface area contributed by atoms with Gasteiger partial charge in [0.1, 0.15) is 0 Å². The van der Waals surface area contributed by atoms with E-state index in [2.05, 4.69) is 22.9 Å². The van der Waals surface area contributed by atoms with E-state index in [1.54, 1.807) is 0 Å². The van der Waals surface area contributed by atoms with Crippen molar-refractivity contribution in [2.24, 2.45) is 4.99 Å². The molecule has 0 saturated carbocycles. The number of hydrogen-bond acceptors (Lipinski definition) is 4. The first-order chi connectivity index (χ1) is 6.76. The van der Waals surface area contributed by atoms with Gasteiger partial charge in [0.25, 0.3) is 0 Å². The highest BCUT2D eigenvalue weighted by molar-refractivity contribution is 5.37. The standard InChI is InChI=1S/C10H15N3O/c1-2-5-13-6-3-10(8-11,4-7-13)12-9-14/h2-7H2,1H3. The van der Waals surface area contributed by atoms with Crippen molar-refractivity contribution < 1.29 is 4.79 Å². The van der Waals surface area contributed by atoms with E-state index < -0.39 is 5.54 Å². The van der Waals surface area contributed by atoms with Gasteiger partial charge in [-0.3, -0.25) is 0 Å². The van der Waals surface area contributed by atoms with E-state index >= 15 is 0 Å². The molecule has 1 aliphatic rings. The first-order valence-corrected chi connectivity index (χ1v) is 4.99. The largest absolute Gasteiger partial charge is 0.303 e. The van der Waals surface area contributed by atoms with Gasteiger partial charge in [-0.2, -0.15) is 10.3 Å². The maximum absolute atomic E-state index is 10.2. The SMILES string of the molecule is CCCN1CCC(C#N)(N=C=O)CC1. The third-order valence-corrected chi connectivity index (χ3v) is 2.69. The fourth-order valence-electron chi connectivity index (χ4n) is 1.80. The van der Waals surface area contributed by atoms with E-state index in [-0.39, 0.29) is 0 Å². The lowest BCUT2D eigenvalue weighted by molar-refractivity contribution is 0.190. The van der Waals surface area contributed by atoms with Crippen molar-refractivity contribution in [2.75, 3.05) is 19.6 Å². The van der Waals surface area contributed by atoms with E-state index in [0.29, 0.717) is 12.8 Å². The molecule has 0 aromatic rings. The molecule has 0 bridgehead atoms. The number of rotatable bonds is 3. The molecule has 0 aliphatic carbocycles. The van der Waals surface area contributed by atoms with E-state index in [4.69, 9.17) is 5.26 Å². The number of likely N-dealkylation sites (tertiary alicyclic amines) is 1. The lowest BCUT2D eigenvalue weighted by Crippen LogP contribution is -2.42. The van der Waals surface area contributed by atoms with Gasteiger partial charge in [0, 0.05) is 13.1 Å². The summed E-state index contributed by atoms with van der Waals surface area (Å²) in [6, 6.07) is 2.13. The smallest absolute Gasteiger partial charge is 0.236 e. The Labute approximate surface area is 84.2 Å². The minimum atomic E-state index is -0.786. The highest BCUT2D eigenvalue weighted by atomic mass is 16.1. The normalized spacial score (nSPS) is 20.9.